The SMILES string of the molecule is CC(C)c1cccc(N)c1C(=O)N(C)C. The number of rotatable bonds is 2. The van der Waals surface area contributed by atoms with Gasteiger partial charge in [0, 0.05) is 19.8 Å². The summed E-state index contributed by atoms with van der Waals surface area (Å²) in [6.07, 6.45) is 0. The van der Waals surface area contributed by atoms with Crippen LogP contribution in [-0.4, -0.2) is 24.9 Å². The molecule has 0 fully saturated rings. The van der Waals surface area contributed by atoms with Crippen LogP contribution in [0.3, 0.4) is 0 Å². The van der Waals surface area contributed by atoms with Gasteiger partial charge in [-0.15, -0.1) is 0 Å². The minimum absolute atomic E-state index is 0.0307. The third kappa shape index (κ3) is 2.29. The van der Waals surface area contributed by atoms with Gasteiger partial charge in [0.15, 0.2) is 0 Å². The number of nitrogen functional groups attached to an aromatic ring is 1. The number of nitrogens with zero attached hydrogens (tertiary/aromatic N) is 1. The highest BCUT2D eigenvalue weighted by molar-refractivity contribution is 6.00. The second-order valence-electron chi connectivity index (χ2n) is 4.17. The highest BCUT2D eigenvalue weighted by Crippen LogP contribution is 2.25. The minimum Gasteiger partial charge on any atom is -0.398 e. The van der Waals surface area contributed by atoms with Crippen LogP contribution in [0.2, 0.25) is 0 Å². The molecule has 0 unspecified atom stereocenters. The molecule has 0 saturated heterocycles. The van der Waals surface area contributed by atoms with Crippen molar-refractivity contribution in [2.24, 2.45) is 0 Å². The summed E-state index contributed by atoms with van der Waals surface area (Å²) in [6.45, 7) is 4.11. The third-order valence-electron chi connectivity index (χ3n) is 2.37. The molecule has 0 saturated carbocycles. The average molecular weight is 206 g/mol. The molecule has 1 rings (SSSR count). The lowest BCUT2D eigenvalue weighted by Crippen LogP contribution is -2.24. The van der Waals surface area contributed by atoms with E-state index in [1.165, 1.54) is 0 Å². The summed E-state index contributed by atoms with van der Waals surface area (Å²) in [5.74, 6) is 0.268. The molecule has 0 bridgehead atoms. The molecule has 1 aromatic carbocycles. The van der Waals surface area contributed by atoms with E-state index in [0.29, 0.717) is 17.2 Å². The van der Waals surface area contributed by atoms with Gasteiger partial charge in [-0.2, -0.15) is 0 Å². The second kappa shape index (κ2) is 4.34. The maximum absolute atomic E-state index is 11.9. The Kier molecular flexibility index (Phi) is 3.35. The molecule has 1 aromatic rings. The molecule has 0 aliphatic carbocycles. The number of hydrogen-bond donors (Lipinski definition) is 1. The van der Waals surface area contributed by atoms with Crippen LogP contribution in [-0.2, 0) is 0 Å². The van der Waals surface area contributed by atoms with E-state index in [1.54, 1.807) is 25.1 Å². The fraction of sp³-hybridized carbons (Fsp3) is 0.417. The minimum atomic E-state index is -0.0307. The molecule has 3 nitrogen and oxygen atoms in total. The van der Waals surface area contributed by atoms with E-state index < -0.39 is 0 Å². The molecule has 15 heavy (non-hydrogen) atoms. The Hall–Kier alpha value is -1.51. The number of carbonyl (C=O) groups is 1. The lowest BCUT2D eigenvalue weighted by molar-refractivity contribution is 0.0827. The van der Waals surface area contributed by atoms with Crippen molar-refractivity contribution in [2.75, 3.05) is 19.8 Å². The smallest absolute Gasteiger partial charge is 0.255 e. The zero-order chi connectivity index (χ0) is 11.6. The molecular formula is C12H18N2O. The van der Waals surface area contributed by atoms with E-state index >= 15 is 0 Å². The standard InChI is InChI=1S/C12H18N2O/c1-8(2)9-6-5-7-10(13)11(9)12(15)14(3)4/h5-8H,13H2,1-4H3. The zero-order valence-corrected chi connectivity index (χ0v) is 9.74. The van der Waals surface area contributed by atoms with E-state index in [-0.39, 0.29) is 5.91 Å². The van der Waals surface area contributed by atoms with E-state index in [4.69, 9.17) is 5.73 Å². The highest BCUT2D eigenvalue weighted by atomic mass is 16.2. The van der Waals surface area contributed by atoms with Crippen molar-refractivity contribution < 1.29 is 4.79 Å². The lowest BCUT2D eigenvalue weighted by Gasteiger charge is -2.17. The Morgan fingerprint density at radius 3 is 2.40 bits per heavy atom. The molecule has 1 amide bonds. The van der Waals surface area contributed by atoms with Crippen LogP contribution in [0, 0.1) is 0 Å². The molecule has 0 spiro atoms. The van der Waals surface area contributed by atoms with Crippen molar-refractivity contribution >= 4 is 11.6 Å². The Balaban J connectivity index is 3.31. The van der Waals surface area contributed by atoms with Crippen LogP contribution in [0.1, 0.15) is 35.7 Å². The van der Waals surface area contributed by atoms with E-state index in [9.17, 15) is 4.79 Å². The van der Waals surface area contributed by atoms with Gasteiger partial charge in [0.25, 0.3) is 5.91 Å². The summed E-state index contributed by atoms with van der Waals surface area (Å²) in [7, 11) is 3.47. The molecule has 0 heterocycles. The van der Waals surface area contributed by atoms with Crippen molar-refractivity contribution in [1.29, 1.82) is 0 Å². The second-order valence-corrected chi connectivity index (χ2v) is 4.17. The number of nitrogens with two attached hydrogens (primary N) is 1. The fourth-order valence-corrected chi connectivity index (χ4v) is 1.54. The van der Waals surface area contributed by atoms with Gasteiger partial charge in [0.2, 0.25) is 0 Å². The molecule has 82 valence electrons. The first-order chi connectivity index (χ1) is 6.95. The third-order valence-corrected chi connectivity index (χ3v) is 2.37. The highest BCUT2D eigenvalue weighted by Gasteiger charge is 2.17. The maximum Gasteiger partial charge on any atom is 0.255 e. The summed E-state index contributed by atoms with van der Waals surface area (Å²) in [5, 5.41) is 0. The molecule has 0 atom stereocenters. The number of benzene rings is 1. The van der Waals surface area contributed by atoms with Gasteiger partial charge in [0.05, 0.1) is 5.56 Å². The predicted octanol–water partition coefficient (Wildman–Crippen LogP) is 2.09. The average Bonchev–Trinajstić information content (AvgIpc) is 2.16. The molecule has 0 aromatic heterocycles. The van der Waals surface area contributed by atoms with Crippen LogP contribution in [0.25, 0.3) is 0 Å². The van der Waals surface area contributed by atoms with E-state index in [1.807, 2.05) is 12.1 Å². The van der Waals surface area contributed by atoms with Gasteiger partial charge in [0.1, 0.15) is 0 Å². The van der Waals surface area contributed by atoms with Gasteiger partial charge >= 0.3 is 0 Å². The first kappa shape index (κ1) is 11.6. The van der Waals surface area contributed by atoms with Crippen molar-refractivity contribution in [3.8, 4) is 0 Å². The van der Waals surface area contributed by atoms with Crippen LogP contribution in [0.5, 0.6) is 0 Å². The fourth-order valence-electron chi connectivity index (χ4n) is 1.54. The number of amides is 1. The number of hydrogen-bond acceptors (Lipinski definition) is 2. The maximum atomic E-state index is 11.9. The summed E-state index contributed by atoms with van der Waals surface area (Å²) in [5.41, 5.74) is 8.05. The van der Waals surface area contributed by atoms with E-state index in [0.717, 1.165) is 5.56 Å². The number of carbonyl (C=O) groups excluding carboxylic acids is 1. The first-order valence-corrected chi connectivity index (χ1v) is 5.05. The molecule has 2 N–H and O–H groups in total. The van der Waals surface area contributed by atoms with Gasteiger partial charge in [-0.05, 0) is 17.5 Å². The van der Waals surface area contributed by atoms with Gasteiger partial charge < -0.3 is 10.6 Å². The van der Waals surface area contributed by atoms with Crippen molar-refractivity contribution in [3.05, 3.63) is 29.3 Å². The molecule has 0 aliphatic heterocycles. The van der Waals surface area contributed by atoms with Gasteiger partial charge in [-0.1, -0.05) is 26.0 Å². The van der Waals surface area contributed by atoms with Crippen molar-refractivity contribution in [3.63, 3.8) is 0 Å². The Bertz CT molecular complexity index is 370. The van der Waals surface area contributed by atoms with Crippen molar-refractivity contribution in [1.82, 2.24) is 4.90 Å². The zero-order valence-electron chi connectivity index (χ0n) is 9.74. The van der Waals surface area contributed by atoms with Crippen LogP contribution >= 0.6 is 0 Å². The molecule has 0 radical (unpaired) electrons. The summed E-state index contributed by atoms with van der Waals surface area (Å²) in [4.78, 5) is 13.5. The Morgan fingerprint density at radius 2 is 1.93 bits per heavy atom. The normalized spacial score (nSPS) is 10.5. The topological polar surface area (TPSA) is 46.3 Å². The summed E-state index contributed by atoms with van der Waals surface area (Å²) < 4.78 is 0. The molecular weight excluding hydrogens is 188 g/mol. The largest absolute Gasteiger partial charge is 0.398 e. The van der Waals surface area contributed by atoms with Crippen LogP contribution in [0.15, 0.2) is 18.2 Å². The predicted molar refractivity (Wildman–Crippen MR) is 63.0 cm³/mol. The van der Waals surface area contributed by atoms with Crippen molar-refractivity contribution in [2.45, 2.75) is 19.8 Å². The van der Waals surface area contributed by atoms with Crippen LogP contribution < -0.4 is 5.73 Å². The number of anilines is 1. The van der Waals surface area contributed by atoms with E-state index in [2.05, 4.69) is 13.8 Å². The quantitative estimate of drug-likeness (QED) is 0.753. The van der Waals surface area contributed by atoms with Crippen LogP contribution in [0.4, 0.5) is 5.69 Å². The molecule has 3 heteroatoms. The first-order valence-electron chi connectivity index (χ1n) is 5.05. The Morgan fingerprint density at radius 1 is 1.33 bits per heavy atom. The lowest BCUT2D eigenvalue weighted by atomic mass is 9.95. The summed E-state index contributed by atoms with van der Waals surface area (Å²) >= 11 is 0. The van der Waals surface area contributed by atoms with Gasteiger partial charge in [-0.25, -0.2) is 0 Å². The Labute approximate surface area is 90.9 Å². The molecule has 0 aliphatic rings. The van der Waals surface area contributed by atoms with Gasteiger partial charge in [-0.3, -0.25) is 4.79 Å². The summed E-state index contributed by atoms with van der Waals surface area (Å²) in [6, 6.07) is 5.61. The monoisotopic (exact) mass is 206 g/mol.